The Labute approximate surface area is 201 Å². The molecular weight excluding hydrogens is 436 g/mol. The minimum absolute atomic E-state index is 0.00406. The zero-order valence-corrected chi connectivity index (χ0v) is 20.9. The van der Waals surface area contributed by atoms with Crippen LogP contribution in [0.2, 0.25) is 0 Å². The van der Waals surface area contributed by atoms with Crippen LogP contribution in [0.1, 0.15) is 75.1 Å². The molecule has 0 saturated carbocycles. The number of likely N-dealkylation sites (tertiary alicyclic amines) is 2. The maximum Gasteiger partial charge on any atom is 0.338 e. The van der Waals surface area contributed by atoms with Crippen molar-refractivity contribution < 1.29 is 28.7 Å². The molecule has 3 rings (SSSR count). The Morgan fingerprint density at radius 1 is 0.824 bits per heavy atom. The Balaban J connectivity index is 1.63. The highest BCUT2D eigenvalue weighted by atomic mass is 16.6. The number of carbonyl (C=O) groups excluding carboxylic acids is 4. The van der Waals surface area contributed by atoms with E-state index in [0.717, 1.165) is 0 Å². The van der Waals surface area contributed by atoms with E-state index in [2.05, 4.69) is 0 Å². The molecule has 2 heterocycles. The lowest BCUT2D eigenvalue weighted by Crippen LogP contribution is -2.37. The van der Waals surface area contributed by atoms with Gasteiger partial charge >= 0.3 is 11.9 Å². The van der Waals surface area contributed by atoms with Crippen LogP contribution in [0, 0.1) is 11.8 Å². The second kappa shape index (κ2) is 10.6. The van der Waals surface area contributed by atoms with Crippen LogP contribution in [-0.2, 0) is 19.1 Å². The monoisotopic (exact) mass is 472 g/mol. The summed E-state index contributed by atoms with van der Waals surface area (Å²) in [5.74, 6) is -1.08. The predicted octanol–water partition coefficient (Wildman–Crippen LogP) is 3.29. The fourth-order valence-corrected chi connectivity index (χ4v) is 4.57. The molecule has 1 aromatic rings. The molecular formula is C26H36N2O6. The molecule has 2 saturated heterocycles. The van der Waals surface area contributed by atoms with E-state index >= 15 is 0 Å². The number of hydrogen-bond acceptors (Lipinski definition) is 6. The van der Waals surface area contributed by atoms with Gasteiger partial charge in [-0.25, -0.2) is 9.59 Å². The van der Waals surface area contributed by atoms with E-state index in [4.69, 9.17) is 9.47 Å². The Morgan fingerprint density at radius 3 is 1.56 bits per heavy atom. The average molecular weight is 473 g/mol. The molecule has 34 heavy (non-hydrogen) atoms. The Hall–Kier alpha value is -2.90. The summed E-state index contributed by atoms with van der Waals surface area (Å²) in [5, 5.41) is 0. The van der Waals surface area contributed by atoms with Gasteiger partial charge in [-0.1, -0.05) is 33.8 Å². The molecule has 1 aromatic carbocycles. The third-order valence-electron chi connectivity index (χ3n) is 6.25. The van der Waals surface area contributed by atoms with Gasteiger partial charge in [0.25, 0.3) is 11.8 Å². The van der Waals surface area contributed by atoms with Crippen LogP contribution in [0.25, 0.3) is 0 Å². The topological polar surface area (TPSA) is 93.2 Å². The summed E-state index contributed by atoms with van der Waals surface area (Å²) < 4.78 is 11.0. The summed E-state index contributed by atoms with van der Waals surface area (Å²) in [5.41, 5.74) is 0.314. The molecule has 2 aliphatic rings. The van der Waals surface area contributed by atoms with Crippen molar-refractivity contribution in [2.75, 3.05) is 13.1 Å². The van der Waals surface area contributed by atoms with Crippen LogP contribution in [0.4, 0.5) is 0 Å². The molecule has 2 aliphatic heterocycles. The quantitative estimate of drug-likeness (QED) is 0.539. The number of nitrogens with zero attached hydrogens (tertiary/aromatic N) is 2. The van der Waals surface area contributed by atoms with Gasteiger partial charge in [-0.2, -0.15) is 0 Å². The SMILES string of the molecule is CC(C)CN1C(=O)[C@@H](OC(=O)c2cccc(C(=O)O[C@H]3CC(C)N(CC(C)C)C3=O)c2)CC1C. The zero-order valence-electron chi connectivity index (χ0n) is 20.9. The highest BCUT2D eigenvalue weighted by molar-refractivity contribution is 5.97. The molecule has 8 heteroatoms. The fraction of sp³-hybridized carbons (Fsp3) is 0.615. The Morgan fingerprint density at radius 2 is 1.21 bits per heavy atom. The van der Waals surface area contributed by atoms with Crippen LogP contribution in [0.5, 0.6) is 0 Å². The van der Waals surface area contributed by atoms with E-state index in [0.29, 0.717) is 37.8 Å². The van der Waals surface area contributed by atoms with Gasteiger partial charge in [0.15, 0.2) is 12.2 Å². The van der Waals surface area contributed by atoms with E-state index < -0.39 is 24.1 Å². The largest absolute Gasteiger partial charge is 0.449 e. The molecule has 186 valence electrons. The van der Waals surface area contributed by atoms with E-state index in [-0.39, 0.29) is 35.0 Å². The van der Waals surface area contributed by atoms with Gasteiger partial charge in [0.2, 0.25) is 0 Å². The maximum atomic E-state index is 12.7. The lowest BCUT2D eigenvalue weighted by molar-refractivity contribution is -0.136. The van der Waals surface area contributed by atoms with E-state index in [1.165, 1.54) is 18.2 Å². The molecule has 0 aliphatic carbocycles. The van der Waals surface area contributed by atoms with Crippen molar-refractivity contribution in [1.29, 1.82) is 0 Å². The summed E-state index contributed by atoms with van der Waals surface area (Å²) >= 11 is 0. The summed E-state index contributed by atoms with van der Waals surface area (Å²) in [7, 11) is 0. The van der Waals surface area contributed by atoms with Crippen molar-refractivity contribution in [1.82, 2.24) is 9.80 Å². The number of ether oxygens (including phenoxy) is 2. The second-order valence-corrected chi connectivity index (χ2v) is 10.3. The normalized spacial score (nSPS) is 24.9. The maximum absolute atomic E-state index is 12.7. The number of rotatable bonds is 8. The first kappa shape index (κ1) is 25.7. The van der Waals surface area contributed by atoms with E-state index in [1.54, 1.807) is 15.9 Å². The molecule has 2 amide bonds. The van der Waals surface area contributed by atoms with Crippen LogP contribution in [-0.4, -0.2) is 70.9 Å². The molecule has 0 spiro atoms. The van der Waals surface area contributed by atoms with Crippen LogP contribution >= 0.6 is 0 Å². The standard InChI is InChI=1S/C26H36N2O6/c1-15(2)13-27-17(5)10-21(23(27)29)33-25(31)19-8-7-9-20(12-19)26(32)34-22-11-18(6)28(24(22)30)14-16(3)4/h7-9,12,15-18,21-22H,10-11,13-14H2,1-6H3/t17?,18?,21-,22-/m0/s1. The number of carbonyl (C=O) groups is 4. The predicted molar refractivity (Wildman–Crippen MR) is 126 cm³/mol. The number of hydrogen-bond donors (Lipinski definition) is 0. The van der Waals surface area contributed by atoms with Gasteiger partial charge in [-0.3, -0.25) is 9.59 Å². The van der Waals surface area contributed by atoms with Crippen molar-refractivity contribution in [3.8, 4) is 0 Å². The van der Waals surface area contributed by atoms with Crippen LogP contribution in [0.3, 0.4) is 0 Å². The van der Waals surface area contributed by atoms with Crippen LogP contribution in [0.15, 0.2) is 24.3 Å². The Bertz CT molecular complexity index is 872. The lowest BCUT2D eigenvalue weighted by Gasteiger charge is -2.23. The first-order valence-electron chi connectivity index (χ1n) is 12.1. The minimum atomic E-state index is -0.832. The number of amides is 2. The molecule has 2 unspecified atom stereocenters. The first-order chi connectivity index (χ1) is 16.0. The molecule has 0 radical (unpaired) electrons. The lowest BCUT2D eigenvalue weighted by atomic mass is 10.1. The van der Waals surface area contributed by atoms with Crippen molar-refractivity contribution in [2.24, 2.45) is 11.8 Å². The highest BCUT2D eigenvalue weighted by Gasteiger charge is 2.41. The smallest absolute Gasteiger partial charge is 0.338 e. The fourth-order valence-electron chi connectivity index (χ4n) is 4.57. The van der Waals surface area contributed by atoms with Gasteiger partial charge in [0.05, 0.1) is 11.1 Å². The summed E-state index contributed by atoms with van der Waals surface area (Å²) in [6, 6.07) is 5.99. The van der Waals surface area contributed by atoms with Gasteiger partial charge in [0, 0.05) is 38.0 Å². The first-order valence-corrected chi connectivity index (χ1v) is 12.1. The third-order valence-corrected chi connectivity index (χ3v) is 6.25. The van der Waals surface area contributed by atoms with Crippen LogP contribution < -0.4 is 0 Å². The van der Waals surface area contributed by atoms with Crippen molar-refractivity contribution >= 4 is 23.8 Å². The van der Waals surface area contributed by atoms with Gasteiger partial charge in [-0.05, 0) is 43.9 Å². The summed E-state index contributed by atoms with van der Waals surface area (Å²) in [4.78, 5) is 54.3. The number of benzene rings is 1. The van der Waals surface area contributed by atoms with Crippen molar-refractivity contribution in [3.05, 3.63) is 35.4 Å². The number of esters is 2. The van der Waals surface area contributed by atoms with Gasteiger partial charge < -0.3 is 19.3 Å². The summed E-state index contributed by atoms with van der Waals surface area (Å²) in [6.45, 7) is 13.2. The average Bonchev–Trinajstić information content (AvgIpc) is 3.17. The third kappa shape index (κ3) is 5.77. The second-order valence-electron chi connectivity index (χ2n) is 10.3. The molecule has 2 fully saturated rings. The van der Waals surface area contributed by atoms with Gasteiger partial charge in [0.1, 0.15) is 0 Å². The Kier molecular flexibility index (Phi) is 8.00. The zero-order chi connectivity index (χ0) is 25.2. The molecule has 0 aromatic heterocycles. The van der Waals surface area contributed by atoms with E-state index in [9.17, 15) is 19.2 Å². The van der Waals surface area contributed by atoms with Gasteiger partial charge in [-0.15, -0.1) is 0 Å². The van der Waals surface area contributed by atoms with Crippen molar-refractivity contribution in [3.63, 3.8) is 0 Å². The summed E-state index contributed by atoms with van der Waals surface area (Å²) in [6.07, 6.45) is -0.787. The highest BCUT2D eigenvalue weighted by Crippen LogP contribution is 2.25. The molecule has 0 N–H and O–H groups in total. The van der Waals surface area contributed by atoms with Crippen molar-refractivity contribution in [2.45, 2.75) is 78.7 Å². The molecule has 0 bridgehead atoms. The minimum Gasteiger partial charge on any atom is -0.449 e. The molecule has 8 nitrogen and oxygen atoms in total. The van der Waals surface area contributed by atoms with E-state index in [1.807, 2.05) is 41.5 Å². The molecule has 4 atom stereocenters.